The van der Waals surface area contributed by atoms with Gasteiger partial charge in [-0.05, 0) is 31.9 Å². The Hall–Kier alpha value is -1.86. The van der Waals surface area contributed by atoms with Gasteiger partial charge in [0.1, 0.15) is 5.15 Å². The van der Waals surface area contributed by atoms with E-state index >= 15 is 0 Å². The van der Waals surface area contributed by atoms with Crippen LogP contribution in [0.4, 0.5) is 0 Å². The number of nitrogens with zero attached hydrogens (tertiary/aromatic N) is 4. The zero-order valence-electron chi connectivity index (χ0n) is 10.5. The summed E-state index contributed by atoms with van der Waals surface area (Å²) in [4.78, 5) is 4.22. The van der Waals surface area contributed by atoms with E-state index in [9.17, 15) is 0 Å². The average molecular weight is 261 g/mol. The average Bonchev–Trinajstić information content (AvgIpc) is 2.63. The standard InChI is InChI=1S/C13H13ClN4/c1-4-11-8(2)17-18(9(11)3)13-6-10(7-15)5-12(14)16-13/h5-6H,4H2,1-3H3. The molecule has 18 heavy (non-hydrogen) atoms. The van der Waals surface area contributed by atoms with Gasteiger partial charge in [-0.3, -0.25) is 0 Å². The van der Waals surface area contributed by atoms with Crippen LogP contribution in [0.1, 0.15) is 29.4 Å². The van der Waals surface area contributed by atoms with Crippen LogP contribution in [0, 0.1) is 25.2 Å². The lowest BCUT2D eigenvalue weighted by Gasteiger charge is -2.05. The van der Waals surface area contributed by atoms with E-state index in [0.29, 0.717) is 16.5 Å². The predicted octanol–water partition coefficient (Wildman–Crippen LogP) is 2.97. The molecule has 0 saturated carbocycles. The van der Waals surface area contributed by atoms with Crippen molar-refractivity contribution in [3.8, 4) is 11.9 Å². The van der Waals surface area contributed by atoms with E-state index in [-0.39, 0.29) is 0 Å². The minimum Gasteiger partial charge on any atom is -0.219 e. The second kappa shape index (κ2) is 4.79. The minimum atomic E-state index is 0.301. The summed E-state index contributed by atoms with van der Waals surface area (Å²) in [6.45, 7) is 6.05. The molecule has 0 amide bonds. The first-order valence-electron chi connectivity index (χ1n) is 5.70. The van der Waals surface area contributed by atoms with Crippen molar-refractivity contribution in [1.82, 2.24) is 14.8 Å². The van der Waals surface area contributed by atoms with E-state index in [2.05, 4.69) is 23.1 Å². The third-order valence-electron chi connectivity index (χ3n) is 2.92. The highest BCUT2D eigenvalue weighted by Crippen LogP contribution is 2.19. The van der Waals surface area contributed by atoms with E-state index in [1.54, 1.807) is 10.7 Å². The van der Waals surface area contributed by atoms with Crippen LogP contribution in [0.5, 0.6) is 0 Å². The molecule has 2 aromatic heterocycles. The zero-order valence-corrected chi connectivity index (χ0v) is 11.3. The molecule has 0 unspecified atom stereocenters. The molecule has 2 aromatic rings. The molecule has 0 aliphatic heterocycles. The Labute approximate surface area is 111 Å². The number of halogens is 1. The molecule has 5 heteroatoms. The molecule has 0 spiro atoms. The monoisotopic (exact) mass is 260 g/mol. The summed E-state index contributed by atoms with van der Waals surface area (Å²) in [6.07, 6.45) is 0.920. The molecule has 2 rings (SSSR count). The Kier molecular flexibility index (Phi) is 3.35. The van der Waals surface area contributed by atoms with E-state index in [1.807, 2.05) is 13.8 Å². The first-order valence-corrected chi connectivity index (χ1v) is 6.07. The molecule has 0 saturated heterocycles. The van der Waals surface area contributed by atoms with Crippen molar-refractivity contribution in [1.29, 1.82) is 5.26 Å². The van der Waals surface area contributed by atoms with Gasteiger partial charge in [-0.2, -0.15) is 10.4 Å². The number of rotatable bonds is 2. The van der Waals surface area contributed by atoms with Crippen molar-refractivity contribution in [3.05, 3.63) is 39.8 Å². The van der Waals surface area contributed by atoms with Gasteiger partial charge in [0.2, 0.25) is 0 Å². The molecule has 0 radical (unpaired) electrons. The first kappa shape index (κ1) is 12.6. The van der Waals surface area contributed by atoms with E-state index in [0.717, 1.165) is 17.8 Å². The van der Waals surface area contributed by atoms with Crippen molar-refractivity contribution in [3.63, 3.8) is 0 Å². The molecule has 0 aromatic carbocycles. The van der Waals surface area contributed by atoms with Gasteiger partial charge in [0.05, 0.1) is 17.3 Å². The lowest BCUT2D eigenvalue weighted by atomic mass is 10.1. The Morgan fingerprint density at radius 2 is 2.11 bits per heavy atom. The smallest absolute Gasteiger partial charge is 0.156 e. The van der Waals surface area contributed by atoms with Crippen LogP contribution in [0.2, 0.25) is 5.15 Å². The molecule has 0 aliphatic carbocycles. The molecular weight excluding hydrogens is 248 g/mol. The lowest BCUT2D eigenvalue weighted by Crippen LogP contribution is -2.03. The van der Waals surface area contributed by atoms with Crippen molar-refractivity contribution >= 4 is 11.6 Å². The van der Waals surface area contributed by atoms with Gasteiger partial charge >= 0.3 is 0 Å². The maximum atomic E-state index is 8.94. The van der Waals surface area contributed by atoms with Crippen LogP contribution in [-0.2, 0) is 6.42 Å². The summed E-state index contributed by atoms with van der Waals surface area (Å²) >= 11 is 5.91. The van der Waals surface area contributed by atoms with Crippen molar-refractivity contribution in [2.75, 3.05) is 0 Å². The van der Waals surface area contributed by atoms with Gasteiger partial charge in [0.15, 0.2) is 5.82 Å². The molecule has 4 nitrogen and oxygen atoms in total. The summed E-state index contributed by atoms with van der Waals surface area (Å²) < 4.78 is 1.74. The fourth-order valence-corrected chi connectivity index (χ4v) is 2.27. The SMILES string of the molecule is CCc1c(C)nn(-c2cc(C#N)cc(Cl)n2)c1C. The first-order chi connectivity index (χ1) is 8.56. The van der Waals surface area contributed by atoms with Crippen molar-refractivity contribution in [2.24, 2.45) is 0 Å². The lowest BCUT2D eigenvalue weighted by molar-refractivity contribution is 0.804. The second-order valence-electron chi connectivity index (χ2n) is 4.06. The number of nitriles is 1. The van der Waals surface area contributed by atoms with E-state index in [1.165, 1.54) is 11.6 Å². The normalized spacial score (nSPS) is 10.4. The van der Waals surface area contributed by atoms with Crippen LogP contribution in [0.3, 0.4) is 0 Å². The van der Waals surface area contributed by atoms with Crippen LogP contribution in [0.25, 0.3) is 5.82 Å². The van der Waals surface area contributed by atoms with Crippen molar-refractivity contribution < 1.29 is 0 Å². The fraction of sp³-hybridized carbons (Fsp3) is 0.308. The van der Waals surface area contributed by atoms with Gasteiger partial charge < -0.3 is 0 Å². The number of hydrogen-bond acceptors (Lipinski definition) is 3. The summed E-state index contributed by atoms with van der Waals surface area (Å²) in [5.74, 6) is 0.583. The molecule has 0 aliphatic rings. The van der Waals surface area contributed by atoms with E-state index < -0.39 is 0 Å². The Bertz CT molecular complexity index is 637. The van der Waals surface area contributed by atoms with Gasteiger partial charge in [-0.1, -0.05) is 18.5 Å². The third-order valence-corrected chi connectivity index (χ3v) is 3.12. The number of aromatic nitrogens is 3. The molecular formula is C13H13ClN4. The van der Waals surface area contributed by atoms with Crippen LogP contribution in [-0.4, -0.2) is 14.8 Å². The fourth-order valence-electron chi connectivity index (χ4n) is 2.07. The number of pyridine rings is 1. The predicted molar refractivity (Wildman–Crippen MR) is 69.9 cm³/mol. The summed E-state index contributed by atoms with van der Waals surface area (Å²) in [5, 5.41) is 13.7. The largest absolute Gasteiger partial charge is 0.219 e. The quantitative estimate of drug-likeness (QED) is 0.780. The second-order valence-corrected chi connectivity index (χ2v) is 4.45. The highest BCUT2D eigenvalue weighted by atomic mass is 35.5. The summed E-state index contributed by atoms with van der Waals surface area (Å²) in [5.41, 5.74) is 3.70. The molecule has 92 valence electrons. The maximum Gasteiger partial charge on any atom is 0.156 e. The topological polar surface area (TPSA) is 54.5 Å². The van der Waals surface area contributed by atoms with Crippen LogP contribution in [0.15, 0.2) is 12.1 Å². The third kappa shape index (κ3) is 2.09. The van der Waals surface area contributed by atoms with E-state index in [4.69, 9.17) is 16.9 Å². The Morgan fingerprint density at radius 1 is 1.39 bits per heavy atom. The molecule has 0 N–H and O–H groups in total. The van der Waals surface area contributed by atoms with Gasteiger partial charge in [-0.25, -0.2) is 9.67 Å². The molecule has 0 fully saturated rings. The molecule has 0 atom stereocenters. The van der Waals surface area contributed by atoms with Gasteiger partial charge in [-0.15, -0.1) is 0 Å². The highest BCUT2D eigenvalue weighted by Gasteiger charge is 2.13. The zero-order chi connectivity index (χ0) is 13.3. The summed E-state index contributed by atoms with van der Waals surface area (Å²) in [6, 6.07) is 5.29. The minimum absolute atomic E-state index is 0.301. The van der Waals surface area contributed by atoms with Gasteiger partial charge in [0, 0.05) is 11.8 Å². The molecule has 0 bridgehead atoms. The molecule has 2 heterocycles. The number of hydrogen-bond donors (Lipinski definition) is 0. The Morgan fingerprint density at radius 3 is 2.67 bits per heavy atom. The highest BCUT2D eigenvalue weighted by molar-refractivity contribution is 6.29. The van der Waals surface area contributed by atoms with Crippen LogP contribution < -0.4 is 0 Å². The summed E-state index contributed by atoms with van der Waals surface area (Å²) in [7, 11) is 0. The van der Waals surface area contributed by atoms with Crippen molar-refractivity contribution in [2.45, 2.75) is 27.2 Å². The van der Waals surface area contributed by atoms with Crippen LogP contribution >= 0.6 is 11.6 Å². The van der Waals surface area contributed by atoms with Gasteiger partial charge in [0.25, 0.3) is 0 Å². The Balaban J connectivity index is 2.63. The maximum absolute atomic E-state index is 8.94. The number of aryl methyl sites for hydroxylation is 1.